The number of ether oxygens (including phenoxy) is 1. The molecule has 3 nitrogen and oxygen atoms in total. The molecule has 116 valence electrons. The van der Waals surface area contributed by atoms with Gasteiger partial charge in [0.25, 0.3) is 0 Å². The van der Waals surface area contributed by atoms with Gasteiger partial charge in [-0.05, 0) is 42.7 Å². The van der Waals surface area contributed by atoms with Gasteiger partial charge >= 0.3 is 6.61 Å². The van der Waals surface area contributed by atoms with Crippen LogP contribution < -0.4 is 10.1 Å². The third-order valence-electron chi connectivity index (χ3n) is 3.31. The molecule has 2 aromatic rings. The summed E-state index contributed by atoms with van der Waals surface area (Å²) in [6.45, 7) is 1.04. The van der Waals surface area contributed by atoms with Gasteiger partial charge in [0, 0.05) is 0 Å². The number of halogens is 2. The molecule has 0 fully saturated rings. The molecule has 0 saturated heterocycles. The zero-order valence-corrected chi connectivity index (χ0v) is 12.4. The van der Waals surface area contributed by atoms with Crippen LogP contribution in [0.5, 0.6) is 5.75 Å². The molecule has 1 amide bonds. The minimum atomic E-state index is -2.93. The zero-order valence-electron chi connectivity index (χ0n) is 12.4. The van der Waals surface area contributed by atoms with Gasteiger partial charge in [0.1, 0.15) is 5.75 Å². The monoisotopic (exact) mass is 305 g/mol. The fourth-order valence-electron chi connectivity index (χ4n) is 2.06. The number of amides is 1. The number of nitrogens with one attached hydrogen (secondary N) is 1. The molecular weight excluding hydrogens is 288 g/mol. The number of hydrogen-bond donors (Lipinski definition) is 1. The van der Waals surface area contributed by atoms with Crippen LogP contribution in [0.25, 0.3) is 0 Å². The van der Waals surface area contributed by atoms with E-state index >= 15 is 0 Å². The van der Waals surface area contributed by atoms with Gasteiger partial charge in [-0.1, -0.05) is 30.3 Å². The quantitative estimate of drug-likeness (QED) is 0.903. The summed E-state index contributed by atoms with van der Waals surface area (Å²) in [6.07, 6.45) is 0.171. The first-order valence-electron chi connectivity index (χ1n) is 6.85. The number of alkyl halides is 2. The highest BCUT2D eigenvalue weighted by molar-refractivity contribution is 5.93. The molecule has 0 saturated carbocycles. The molecule has 0 bridgehead atoms. The van der Waals surface area contributed by atoms with Crippen molar-refractivity contribution in [2.24, 2.45) is 0 Å². The van der Waals surface area contributed by atoms with E-state index in [9.17, 15) is 13.6 Å². The number of rotatable bonds is 5. The number of carbonyl (C=O) groups is 1. The summed E-state index contributed by atoms with van der Waals surface area (Å²) < 4.78 is 29.0. The van der Waals surface area contributed by atoms with E-state index in [1.807, 2.05) is 32.0 Å². The minimum Gasteiger partial charge on any atom is -0.433 e. The third-order valence-corrected chi connectivity index (χ3v) is 3.31. The molecule has 0 unspecified atom stereocenters. The fourth-order valence-corrected chi connectivity index (χ4v) is 2.06. The SMILES string of the molecule is Cc1ccc(CC(=O)Nc2ccccc2OC(F)F)cc1C. The van der Waals surface area contributed by atoms with Gasteiger partial charge in [-0.25, -0.2) is 0 Å². The Morgan fingerprint density at radius 1 is 1.14 bits per heavy atom. The molecule has 0 aliphatic heterocycles. The average molecular weight is 305 g/mol. The van der Waals surface area contributed by atoms with E-state index in [1.165, 1.54) is 12.1 Å². The van der Waals surface area contributed by atoms with Gasteiger partial charge in [-0.15, -0.1) is 0 Å². The van der Waals surface area contributed by atoms with Crippen molar-refractivity contribution in [2.45, 2.75) is 26.9 Å². The van der Waals surface area contributed by atoms with E-state index in [4.69, 9.17) is 0 Å². The Hall–Kier alpha value is -2.43. The summed E-state index contributed by atoms with van der Waals surface area (Å²) in [5.41, 5.74) is 3.36. The maximum Gasteiger partial charge on any atom is 0.387 e. The lowest BCUT2D eigenvalue weighted by Gasteiger charge is -2.12. The maximum atomic E-state index is 12.3. The van der Waals surface area contributed by atoms with Crippen molar-refractivity contribution in [2.75, 3.05) is 5.32 Å². The Balaban J connectivity index is 2.07. The molecule has 2 aromatic carbocycles. The van der Waals surface area contributed by atoms with E-state index in [0.29, 0.717) is 0 Å². The van der Waals surface area contributed by atoms with Crippen molar-refractivity contribution in [1.29, 1.82) is 0 Å². The van der Waals surface area contributed by atoms with Gasteiger partial charge in [0.05, 0.1) is 12.1 Å². The topological polar surface area (TPSA) is 38.3 Å². The number of benzene rings is 2. The Kier molecular flexibility index (Phi) is 5.09. The summed E-state index contributed by atoms with van der Waals surface area (Å²) in [5.74, 6) is -0.334. The summed E-state index contributed by atoms with van der Waals surface area (Å²) >= 11 is 0. The van der Waals surface area contributed by atoms with Gasteiger partial charge in [-0.2, -0.15) is 8.78 Å². The summed E-state index contributed by atoms with van der Waals surface area (Å²) in [5, 5.41) is 2.60. The largest absolute Gasteiger partial charge is 0.433 e. The molecule has 2 rings (SSSR count). The highest BCUT2D eigenvalue weighted by Gasteiger charge is 2.12. The fraction of sp³-hybridized carbons (Fsp3) is 0.235. The molecule has 0 atom stereocenters. The molecule has 1 N–H and O–H groups in total. The zero-order chi connectivity index (χ0) is 16.1. The van der Waals surface area contributed by atoms with Crippen molar-refractivity contribution in [3.8, 4) is 5.75 Å². The average Bonchev–Trinajstić information content (AvgIpc) is 2.44. The summed E-state index contributed by atoms with van der Waals surface area (Å²) in [7, 11) is 0. The molecule has 0 spiro atoms. The highest BCUT2D eigenvalue weighted by atomic mass is 19.3. The lowest BCUT2D eigenvalue weighted by atomic mass is 10.0. The first-order chi connectivity index (χ1) is 10.5. The number of aryl methyl sites for hydroxylation is 2. The number of anilines is 1. The van der Waals surface area contributed by atoms with E-state index in [1.54, 1.807) is 12.1 Å². The van der Waals surface area contributed by atoms with E-state index in [2.05, 4.69) is 10.1 Å². The molecule has 0 aliphatic rings. The van der Waals surface area contributed by atoms with Crippen LogP contribution in [-0.4, -0.2) is 12.5 Å². The summed E-state index contributed by atoms with van der Waals surface area (Å²) in [6, 6.07) is 11.9. The number of carbonyl (C=O) groups excluding carboxylic acids is 1. The normalized spacial score (nSPS) is 10.6. The van der Waals surface area contributed by atoms with Crippen molar-refractivity contribution in [1.82, 2.24) is 0 Å². The third kappa shape index (κ3) is 4.28. The second-order valence-corrected chi connectivity index (χ2v) is 5.02. The Morgan fingerprint density at radius 3 is 2.55 bits per heavy atom. The molecule has 0 radical (unpaired) electrons. The molecular formula is C17H17F2NO2. The first-order valence-corrected chi connectivity index (χ1v) is 6.85. The lowest BCUT2D eigenvalue weighted by molar-refractivity contribution is -0.115. The van der Waals surface area contributed by atoms with Gasteiger partial charge < -0.3 is 10.1 Å². The van der Waals surface area contributed by atoms with Crippen LogP contribution in [-0.2, 0) is 11.2 Å². The maximum absolute atomic E-state index is 12.3. The van der Waals surface area contributed by atoms with Crippen LogP contribution in [0.4, 0.5) is 14.5 Å². The van der Waals surface area contributed by atoms with Crippen LogP contribution in [0.1, 0.15) is 16.7 Å². The van der Waals surface area contributed by atoms with Crippen LogP contribution in [0.15, 0.2) is 42.5 Å². The molecule has 22 heavy (non-hydrogen) atoms. The molecule has 0 heterocycles. The van der Waals surface area contributed by atoms with Crippen LogP contribution >= 0.6 is 0 Å². The van der Waals surface area contributed by atoms with Crippen molar-refractivity contribution in [3.63, 3.8) is 0 Å². The molecule has 0 aromatic heterocycles. The Labute approximate surface area is 127 Å². The van der Waals surface area contributed by atoms with Crippen LogP contribution in [0.2, 0.25) is 0 Å². The second kappa shape index (κ2) is 7.02. The predicted octanol–water partition coefficient (Wildman–Crippen LogP) is 4.09. The van der Waals surface area contributed by atoms with E-state index in [0.717, 1.165) is 16.7 Å². The Morgan fingerprint density at radius 2 is 1.86 bits per heavy atom. The van der Waals surface area contributed by atoms with E-state index in [-0.39, 0.29) is 23.8 Å². The molecule has 0 aliphatic carbocycles. The standard InChI is InChI=1S/C17H17F2NO2/c1-11-7-8-13(9-12(11)2)10-16(21)20-14-5-3-4-6-15(14)22-17(18)19/h3-9,17H,10H2,1-2H3,(H,20,21). The van der Waals surface area contributed by atoms with Crippen molar-refractivity contribution >= 4 is 11.6 Å². The predicted molar refractivity (Wildman–Crippen MR) is 81.3 cm³/mol. The minimum absolute atomic E-state index is 0.0501. The van der Waals surface area contributed by atoms with Gasteiger partial charge in [0.2, 0.25) is 5.91 Å². The number of para-hydroxylation sites is 2. The van der Waals surface area contributed by atoms with Crippen molar-refractivity contribution in [3.05, 3.63) is 59.2 Å². The smallest absolute Gasteiger partial charge is 0.387 e. The summed E-state index contributed by atoms with van der Waals surface area (Å²) in [4.78, 5) is 12.1. The van der Waals surface area contributed by atoms with E-state index < -0.39 is 6.61 Å². The lowest BCUT2D eigenvalue weighted by Crippen LogP contribution is -2.16. The number of hydrogen-bond acceptors (Lipinski definition) is 2. The van der Waals surface area contributed by atoms with Crippen LogP contribution in [0, 0.1) is 13.8 Å². The Bertz CT molecular complexity index is 671. The van der Waals surface area contributed by atoms with Crippen molar-refractivity contribution < 1.29 is 18.3 Å². The molecule has 5 heteroatoms. The highest BCUT2D eigenvalue weighted by Crippen LogP contribution is 2.25. The first kappa shape index (κ1) is 15.9. The second-order valence-electron chi connectivity index (χ2n) is 5.02. The van der Waals surface area contributed by atoms with Gasteiger partial charge in [-0.3, -0.25) is 4.79 Å². The van der Waals surface area contributed by atoms with Crippen LogP contribution in [0.3, 0.4) is 0 Å². The van der Waals surface area contributed by atoms with Gasteiger partial charge in [0.15, 0.2) is 0 Å².